The van der Waals surface area contributed by atoms with E-state index in [-0.39, 0.29) is 0 Å². The van der Waals surface area contributed by atoms with Crippen molar-refractivity contribution in [2.45, 2.75) is 0 Å². The van der Waals surface area contributed by atoms with Gasteiger partial charge in [0, 0.05) is 39.3 Å². The van der Waals surface area contributed by atoms with Crippen molar-refractivity contribution in [3.05, 3.63) is 273 Å². The molecule has 8 heteroatoms. The van der Waals surface area contributed by atoms with Crippen LogP contribution in [-0.4, -0.2) is 81.9 Å². The van der Waals surface area contributed by atoms with Gasteiger partial charge in [-0.25, -0.2) is 0 Å². The Morgan fingerprint density at radius 2 is 0.353 bits per heavy atom. The van der Waals surface area contributed by atoms with Gasteiger partial charge in [0.25, 0.3) is 0 Å². The minimum Gasteiger partial charge on any atom is -0.300 e. The van der Waals surface area contributed by atoms with Gasteiger partial charge in [-0.2, -0.15) is 0 Å². The molecule has 4 nitrogen and oxygen atoms in total. The van der Waals surface area contributed by atoms with Crippen LogP contribution in [0.4, 0.5) is 0 Å². The van der Waals surface area contributed by atoms with E-state index in [9.17, 15) is 0 Å². The van der Waals surface area contributed by atoms with Gasteiger partial charge >= 0.3 is 0 Å². The second kappa shape index (κ2) is 19.9. The first-order chi connectivity index (χ1) is 33.8. The van der Waals surface area contributed by atoms with E-state index < -0.39 is 33.1 Å². The third kappa shape index (κ3) is 7.64. The SMILES string of the molecule is c1ccc([Si](c2ccccc2)(c2ccccc2)N2CCN3CCN([Si](c4ccccc4)(c4ccccc4)c4ccccc4)P2N([Si](c2ccccc2)(c2ccccc2)c2ccccc2)CC3)cc1. The van der Waals surface area contributed by atoms with Gasteiger partial charge in [0.1, 0.15) is 8.37 Å². The molecule has 9 aromatic carbocycles. The van der Waals surface area contributed by atoms with Crippen LogP contribution in [0.2, 0.25) is 0 Å². The van der Waals surface area contributed by atoms with E-state index in [1.165, 1.54) is 46.7 Å². The molecule has 0 amide bonds. The fraction of sp³-hybridized carbons (Fsp3) is 0.100. The molecule has 3 heterocycles. The Kier molecular flexibility index (Phi) is 13.0. The first kappa shape index (κ1) is 44.4. The number of hydrogen-bond acceptors (Lipinski definition) is 4. The molecule has 3 aliphatic heterocycles. The molecule has 3 aliphatic rings. The maximum absolute atomic E-state index is 3.21. The molecule has 3 saturated heterocycles. The molecule has 0 N–H and O–H groups in total. The molecular formula is C60H57N4PSi3. The number of fused-ring (bicyclic) bond motifs is 6. The smallest absolute Gasteiger partial charge is 0.230 e. The average molecular weight is 949 g/mol. The lowest BCUT2D eigenvalue weighted by Gasteiger charge is -2.63. The highest BCUT2D eigenvalue weighted by Crippen LogP contribution is 2.56. The molecule has 0 aromatic heterocycles. The molecule has 2 bridgehead atoms. The number of benzene rings is 9. The van der Waals surface area contributed by atoms with Crippen molar-refractivity contribution in [1.82, 2.24) is 17.9 Å². The molecule has 0 unspecified atom stereocenters. The fourth-order valence-corrected chi connectivity index (χ4v) is 35.3. The lowest BCUT2D eigenvalue weighted by atomic mass is 10.3. The number of nitrogens with zero attached hydrogens (tertiary/aromatic N) is 4. The van der Waals surface area contributed by atoms with Gasteiger partial charge in [0.15, 0.2) is 0 Å². The Morgan fingerprint density at radius 1 is 0.206 bits per heavy atom. The van der Waals surface area contributed by atoms with Crippen molar-refractivity contribution >= 4 is 79.8 Å². The summed E-state index contributed by atoms with van der Waals surface area (Å²) in [5, 5.41) is 12.7. The summed E-state index contributed by atoms with van der Waals surface area (Å²) in [6, 6.07) is 105. The van der Waals surface area contributed by atoms with Gasteiger partial charge in [0.2, 0.25) is 24.7 Å². The zero-order valence-electron chi connectivity index (χ0n) is 38.5. The summed E-state index contributed by atoms with van der Waals surface area (Å²) in [4.78, 5) is 2.82. The normalized spacial score (nSPS) is 17.5. The van der Waals surface area contributed by atoms with E-state index in [1.807, 2.05) is 0 Å². The van der Waals surface area contributed by atoms with E-state index in [1.54, 1.807) is 0 Å². The standard InChI is InChI=1S/C60H57N4PSi3/c1-10-28-52(29-11-1)66(53-30-12-2-13-31-53,54-32-14-3-15-33-54)62-49-46-61-47-50-63(67(55-34-16-4-17-35-55,56-36-18-5-19-37-56)57-38-20-6-21-39-57)65(62)64(51-48-61)68(58-40-22-7-23-41-58,59-42-24-8-25-43-59)60-44-26-9-27-45-60/h1-45H,46-51H2. The quantitative estimate of drug-likeness (QED) is 0.0795. The zero-order chi connectivity index (χ0) is 45.6. The Labute approximate surface area is 407 Å². The van der Waals surface area contributed by atoms with Crippen molar-refractivity contribution in [3.63, 3.8) is 0 Å². The molecule has 0 atom stereocenters. The Hall–Kier alpha value is -6.10. The molecule has 12 rings (SSSR count). The molecule has 0 spiro atoms. The predicted molar refractivity (Wildman–Crippen MR) is 295 cm³/mol. The monoisotopic (exact) mass is 948 g/mol. The summed E-state index contributed by atoms with van der Waals surface area (Å²) in [6.07, 6.45) is 0. The van der Waals surface area contributed by atoms with E-state index in [0.717, 1.165) is 39.3 Å². The largest absolute Gasteiger partial charge is 0.300 e. The van der Waals surface area contributed by atoms with Crippen LogP contribution in [0.5, 0.6) is 0 Å². The summed E-state index contributed by atoms with van der Waals surface area (Å²) in [6.45, 7) is 5.72. The lowest BCUT2D eigenvalue weighted by molar-refractivity contribution is 0.224. The van der Waals surface area contributed by atoms with Crippen molar-refractivity contribution in [3.8, 4) is 0 Å². The van der Waals surface area contributed by atoms with Crippen LogP contribution in [0.15, 0.2) is 273 Å². The Morgan fingerprint density at radius 3 is 0.500 bits per heavy atom. The topological polar surface area (TPSA) is 13.0 Å². The molecule has 0 radical (unpaired) electrons. The van der Waals surface area contributed by atoms with Crippen LogP contribution in [0, 0.1) is 0 Å². The number of rotatable bonds is 12. The molecule has 68 heavy (non-hydrogen) atoms. The third-order valence-corrected chi connectivity index (χ3v) is 34.1. The summed E-state index contributed by atoms with van der Waals surface area (Å²) in [5.41, 5.74) is 0. The van der Waals surface area contributed by atoms with E-state index in [4.69, 9.17) is 0 Å². The van der Waals surface area contributed by atoms with Crippen LogP contribution in [0.3, 0.4) is 0 Å². The highest BCUT2D eigenvalue weighted by Gasteiger charge is 2.62. The molecule has 9 aromatic rings. The maximum Gasteiger partial charge on any atom is 0.230 e. The van der Waals surface area contributed by atoms with Crippen LogP contribution < -0.4 is 46.7 Å². The lowest BCUT2D eigenvalue weighted by Crippen LogP contribution is -2.85. The first-order valence-corrected chi connectivity index (χ1v) is 31.2. The van der Waals surface area contributed by atoms with Crippen molar-refractivity contribution < 1.29 is 0 Å². The van der Waals surface area contributed by atoms with Crippen LogP contribution in [0.1, 0.15) is 0 Å². The van der Waals surface area contributed by atoms with Crippen molar-refractivity contribution in [2.75, 3.05) is 39.3 Å². The maximum atomic E-state index is 3.20. The minimum absolute atomic E-state index is 0.912. The Balaban J connectivity index is 1.36. The second-order valence-corrected chi connectivity index (χ2v) is 32.1. The van der Waals surface area contributed by atoms with E-state index >= 15 is 0 Å². The van der Waals surface area contributed by atoms with Gasteiger partial charge < -0.3 is 0 Å². The molecular weight excluding hydrogens is 892 g/mol. The van der Waals surface area contributed by atoms with Gasteiger partial charge in [-0.1, -0.05) is 273 Å². The van der Waals surface area contributed by atoms with E-state index in [2.05, 4.69) is 291 Å². The number of hydrogen-bond donors (Lipinski definition) is 0. The summed E-state index contributed by atoms with van der Waals surface area (Å²) >= 11 is 0. The molecule has 0 saturated carbocycles. The third-order valence-electron chi connectivity index (χ3n) is 14.4. The molecule has 334 valence electrons. The highest BCUT2D eigenvalue weighted by atomic mass is 31.2. The first-order valence-electron chi connectivity index (χ1n) is 24.1. The summed E-state index contributed by atoms with van der Waals surface area (Å²) in [7, 11) is -11.0. The second-order valence-electron chi connectivity index (χ2n) is 17.9. The van der Waals surface area contributed by atoms with Crippen LogP contribution in [-0.2, 0) is 0 Å². The molecule has 0 aliphatic carbocycles. The van der Waals surface area contributed by atoms with Gasteiger partial charge in [-0.05, 0) is 46.7 Å². The van der Waals surface area contributed by atoms with Gasteiger partial charge in [-0.3, -0.25) is 17.9 Å². The predicted octanol–water partition coefficient (Wildman–Crippen LogP) is 6.45. The average Bonchev–Trinajstić information content (AvgIpc) is 3.41. The van der Waals surface area contributed by atoms with Gasteiger partial charge in [0.05, 0.1) is 0 Å². The van der Waals surface area contributed by atoms with E-state index in [0.29, 0.717) is 0 Å². The van der Waals surface area contributed by atoms with Crippen molar-refractivity contribution in [1.29, 1.82) is 0 Å². The van der Waals surface area contributed by atoms with Crippen molar-refractivity contribution in [2.24, 2.45) is 0 Å². The summed E-state index contributed by atoms with van der Waals surface area (Å²) in [5.74, 6) is 0. The highest BCUT2D eigenvalue weighted by molar-refractivity contribution is 7.60. The Bertz CT molecular complexity index is 2360. The van der Waals surface area contributed by atoms with Gasteiger partial charge in [-0.15, -0.1) is 0 Å². The van der Waals surface area contributed by atoms with Crippen LogP contribution in [0.25, 0.3) is 0 Å². The fourth-order valence-electron chi connectivity index (χ4n) is 11.6. The molecule has 3 fully saturated rings. The van der Waals surface area contributed by atoms with Crippen LogP contribution >= 0.6 is 8.37 Å². The summed E-state index contributed by atoms with van der Waals surface area (Å²) < 4.78 is 9.59. The minimum atomic E-state index is -3.21. The zero-order valence-corrected chi connectivity index (χ0v) is 42.4.